The van der Waals surface area contributed by atoms with Crippen LogP contribution in [0.25, 0.3) is 0 Å². The van der Waals surface area contributed by atoms with Crippen LogP contribution in [0.5, 0.6) is 5.75 Å². The minimum Gasteiger partial charge on any atom is -0.492 e. The fourth-order valence-corrected chi connectivity index (χ4v) is 1.22. The van der Waals surface area contributed by atoms with E-state index < -0.39 is 0 Å². The van der Waals surface area contributed by atoms with Crippen LogP contribution in [0.4, 0.5) is 5.69 Å². The lowest BCUT2D eigenvalue weighted by molar-refractivity contribution is 0.311. The Balaban J connectivity index is 2.39. The van der Waals surface area contributed by atoms with Crippen LogP contribution in [0.2, 0.25) is 0 Å². The van der Waals surface area contributed by atoms with Gasteiger partial charge >= 0.3 is 0 Å². The predicted molar refractivity (Wildman–Crippen MR) is 63.3 cm³/mol. The van der Waals surface area contributed by atoms with E-state index in [4.69, 9.17) is 4.74 Å². The quantitative estimate of drug-likeness (QED) is 0.550. The molecule has 15 heavy (non-hydrogen) atoms. The molecular weight excluding hydrogens is 188 g/mol. The molecule has 0 aliphatic heterocycles. The molecule has 0 saturated carbocycles. The number of pyridine rings is 1. The van der Waals surface area contributed by atoms with E-state index in [-0.39, 0.29) is 0 Å². The molecule has 0 spiro atoms. The predicted octanol–water partition coefficient (Wildman–Crippen LogP) is 2.86. The second kappa shape index (κ2) is 6.87. The van der Waals surface area contributed by atoms with Gasteiger partial charge in [0.05, 0.1) is 24.7 Å². The highest BCUT2D eigenvalue weighted by Crippen LogP contribution is 2.15. The molecule has 0 aromatic carbocycles. The fraction of sp³-hybridized carbons (Fsp3) is 0.417. The van der Waals surface area contributed by atoms with Crippen LogP contribution in [0, 0.1) is 0 Å². The molecule has 1 N–H and O–H groups in total. The van der Waals surface area contributed by atoms with E-state index in [0.29, 0.717) is 6.61 Å². The van der Waals surface area contributed by atoms with Gasteiger partial charge in [-0.25, -0.2) is 0 Å². The molecule has 0 radical (unpaired) electrons. The summed E-state index contributed by atoms with van der Waals surface area (Å²) in [5.74, 6) is 0.817. The second-order valence-corrected chi connectivity index (χ2v) is 3.22. The third-order valence-corrected chi connectivity index (χ3v) is 1.92. The maximum absolute atomic E-state index is 5.54. The number of nitrogens with zero attached hydrogens (tertiary/aromatic N) is 1. The molecule has 0 unspecified atom stereocenters. The number of aromatic nitrogens is 1. The SMILES string of the molecule is C=CCCCOc1cncc(NCC)c1. The zero-order valence-electron chi connectivity index (χ0n) is 9.20. The minimum atomic E-state index is 0.712. The van der Waals surface area contributed by atoms with Gasteiger partial charge < -0.3 is 10.1 Å². The first kappa shape index (κ1) is 11.6. The molecule has 0 aliphatic rings. The summed E-state index contributed by atoms with van der Waals surface area (Å²) in [5, 5.41) is 3.19. The molecule has 0 aliphatic carbocycles. The third kappa shape index (κ3) is 4.49. The number of nitrogens with one attached hydrogen (secondary N) is 1. The van der Waals surface area contributed by atoms with Crippen molar-refractivity contribution in [2.24, 2.45) is 0 Å². The van der Waals surface area contributed by atoms with E-state index in [9.17, 15) is 0 Å². The molecule has 3 nitrogen and oxygen atoms in total. The highest BCUT2D eigenvalue weighted by molar-refractivity contribution is 5.44. The van der Waals surface area contributed by atoms with Crippen molar-refractivity contribution in [3.63, 3.8) is 0 Å². The highest BCUT2D eigenvalue weighted by Gasteiger charge is 1.96. The Hall–Kier alpha value is -1.51. The summed E-state index contributed by atoms with van der Waals surface area (Å²) < 4.78 is 5.54. The molecule has 0 bridgehead atoms. The summed E-state index contributed by atoms with van der Waals surface area (Å²) in [6.45, 7) is 7.32. The van der Waals surface area contributed by atoms with Crippen LogP contribution in [-0.2, 0) is 0 Å². The smallest absolute Gasteiger partial charge is 0.139 e. The largest absolute Gasteiger partial charge is 0.492 e. The molecular formula is C12H18N2O. The van der Waals surface area contributed by atoms with Crippen molar-refractivity contribution in [2.45, 2.75) is 19.8 Å². The average Bonchev–Trinajstić information content (AvgIpc) is 2.26. The molecule has 0 atom stereocenters. The van der Waals surface area contributed by atoms with E-state index in [1.165, 1.54) is 0 Å². The molecule has 1 heterocycles. The number of anilines is 1. The molecule has 82 valence electrons. The number of hydrogen-bond donors (Lipinski definition) is 1. The van der Waals surface area contributed by atoms with Gasteiger partial charge in [0.2, 0.25) is 0 Å². The summed E-state index contributed by atoms with van der Waals surface area (Å²) in [6.07, 6.45) is 7.40. The Morgan fingerprint density at radius 3 is 3.13 bits per heavy atom. The molecule has 1 rings (SSSR count). The lowest BCUT2D eigenvalue weighted by atomic mass is 10.3. The van der Waals surface area contributed by atoms with Crippen molar-refractivity contribution in [1.82, 2.24) is 4.98 Å². The Kier molecular flexibility index (Phi) is 5.30. The van der Waals surface area contributed by atoms with E-state index in [1.54, 1.807) is 12.4 Å². The summed E-state index contributed by atoms with van der Waals surface area (Å²) >= 11 is 0. The van der Waals surface area contributed by atoms with Gasteiger partial charge in [-0.1, -0.05) is 6.08 Å². The lowest BCUT2D eigenvalue weighted by Crippen LogP contribution is -2.00. The van der Waals surface area contributed by atoms with Gasteiger partial charge in [-0.3, -0.25) is 4.98 Å². The summed E-state index contributed by atoms with van der Waals surface area (Å²) in [4.78, 5) is 4.09. The van der Waals surface area contributed by atoms with Gasteiger partial charge in [-0.05, 0) is 19.8 Å². The summed E-state index contributed by atoms with van der Waals surface area (Å²) in [7, 11) is 0. The van der Waals surface area contributed by atoms with Gasteiger partial charge in [0.25, 0.3) is 0 Å². The topological polar surface area (TPSA) is 34.1 Å². The number of rotatable bonds is 7. The first-order valence-electron chi connectivity index (χ1n) is 5.29. The number of ether oxygens (including phenoxy) is 1. The standard InChI is InChI=1S/C12H18N2O/c1-3-5-6-7-15-12-8-11(14-4-2)9-13-10-12/h3,8-10,14H,1,4-7H2,2H3. The first-order chi connectivity index (χ1) is 7.36. The Morgan fingerprint density at radius 2 is 2.40 bits per heavy atom. The van der Waals surface area contributed by atoms with E-state index >= 15 is 0 Å². The zero-order valence-corrected chi connectivity index (χ0v) is 9.20. The molecule has 3 heteroatoms. The third-order valence-electron chi connectivity index (χ3n) is 1.92. The summed E-state index contributed by atoms with van der Waals surface area (Å²) in [5.41, 5.74) is 0.999. The molecule has 1 aromatic rings. The monoisotopic (exact) mass is 206 g/mol. The van der Waals surface area contributed by atoms with Crippen LogP contribution in [0.15, 0.2) is 31.1 Å². The number of hydrogen-bond acceptors (Lipinski definition) is 3. The zero-order chi connectivity index (χ0) is 10.9. The normalized spacial score (nSPS) is 9.67. The van der Waals surface area contributed by atoms with Gasteiger partial charge in [0.1, 0.15) is 5.75 Å². The van der Waals surface area contributed by atoms with Crippen LogP contribution in [0.3, 0.4) is 0 Å². The number of allylic oxidation sites excluding steroid dienone is 1. The maximum atomic E-state index is 5.54. The van der Waals surface area contributed by atoms with Crippen molar-refractivity contribution < 1.29 is 4.74 Å². The molecule has 1 aromatic heterocycles. The molecule has 0 saturated heterocycles. The average molecular weight is 206 g/mol. The van der Waals surface area contributed by atoms with E-state index in [0.717, 1.165) is 30.8 Å². The highest BCUT2D eigenvalue weighted by atomic mass is 16.5. The van der Waals surface area contributed by atoms with Crippen molar-refractivity contribution in [3.8, 4) is 5.75 Å². The Labute approximate surface area is 91.2 Å². The minimum absolute atomic E-state index is 0.712. The Morgan fingerprint density at radius 1 is 1.53 bits per heavy atom. The maximum Gasteiger partial charge on any atom is 0.139 e. The molecule has 0 fully saturated rings. The molecule has 0 amide bonds. The van der Waals surface area contributed by atoms with Crippen LogP contribution >= 0.6 is 0 Å². The van der Waals surface area contributed by atoms with Gasteiger partial charge in [0.15, 0.2) is 0 Å². The van der Waals surface area contributed by atoms with Gasteiger partial charge in [-0.2, -0.15) is 0 Å². The van der Waals surface area contributed by atoms with Crippen molar-refractivity contribution in [1.29, 1.82) is 0 Å². The van der Waals surface area contributed by atoms with Crippen molar-refractivity contribution in [3.05, 3.63) is 31.1 Å². The second-order valence-electron chi connectivity index (χ2n) is 3.22. The van der Waals surface area contributed by atoms with Crippen LogP contribution in [-0.4, -0.2) is 18.1 Å². The van der Waals surface area contributed by atoms with Gasteiger partial charge in [-0.15, -0.1) is 6.58 Å². The fourth-order valence-electron chi connectivity index (χ4n) is 1.22. The van der Waals surface area contributed by atoms with Crippen molar-refractivity contribution >= 4 is 5.69 Å². The van der Waals surface area contributed by atoms with Crippen LogP contribution < -0.4 is 10.1 Å². The first-order valence-corrected chi connectivity index (χ1v) is 5.29. The van der Waals surface area contributed by atoms with Gasteiger partial charge in [0, 0.05) is 12.6 Å². The lowest BCUT2D eigenvalue weighted by Gasteiger charge is -2.07. The van der Waals surface area contributed by atoms with E-state index in [1.807, 2.05) is 12.1 Å². The summed E-state index contributed by atoms with van der Waals surface area (Å²) in [6, 6.07) is 1.96. The van der Waals surface area contributed by atoms with Crippen molar-refractivity contribution in [2.75, 3.05) is 18.5 Å². The Bertz CT molecular complexity index is 299. The van der Waals surface area contributed by atoms with E-state index in [2.05, 4.69) is 23.8 Å². The van der Waals surface area contributed by atoms with Crippen LogP contribution in [0.1, 0.15) is 19.8 Å². The number of unbranched alkanes of at least 4 members (excludes halogenated alkanes) is 1.